The molecule has 1 aromatic carbocycles. The minimum absolute atomic E-state index is 0.198. The highest BCUT2D eigenvalue weighted by molar-refractivity contribution is 5.86. The first-order chi connectivity index (χ1) is 14.9. The van der Waals surface area contributed by atoms with Gasteiger partial charge in [-0.3, -0.25) is 14.4 Å². The Bertz CT molecular complexity index is 1260. The highest BCUT2D eigenvalue weighted by Crippen LogP contribution is 2.24. The molecule has 0 spiro atoms. The van der Waals surface area contributed by atoms with Crippen LogP contribution in [0, 0.1) is 0 Å². The summed E-state index contributed by atoms with van der Waals surface area (Å²) in [6.07, 6.45) is 6.63. The molecule has 0 saturated heterocycles. The Labute approximate surface area is 176 Å². The average molecular weight is 420 g/mol. The fraction of sp³-hybridized carbons (Fsp3) is 0.200. The Morgan fingerprint density at radius 2 is 2.10 bits per heavy atom. The third kappa shape index (κ3) is 4.20. The van der Waals surface area contributed by atoms with Gasteiger partial charge in [-0.15, -0.1) is 5.10 Å². The van der Waals surface area contributed by atoms with Crippen LogP contribution in [0.1, 0.15) is 24.3 Å². The van der Waals surface area contributed by atoms with Crippen molar-refractivity contribution < 1.29 is 9.90 Å². The second-order valence-corrected chi connectivity index (χ2v) is 6.96. The predicted octanol–water partition coefficient (Wildman–Crippen LogP) is 1.85. The number of amides is 1. The van der Waals surface area contributed by atoms with Crippen LogP contribution in [-0.4, -0.2) is 45.8 Å². The van der Waals surface area contributed by atoms with Gasteiger partial charge >= 0.3 is 6.09 Å². The molecule has 11 nitrogen and oxygen atoms in total. The second kappa shape index (κ2) is 8.22. The third-order valence-corrected chi connectivity index (χ3v) is 4.80. The first-order valence-electron chi connectivity index (χ1n) is 9.47. The molecule has 1 N–H and O–H groups in total. The van der Waals surface area contributed by atoms with Gasteiger partial charge in [0.1, 0.15) is 17.5 Å². The Kier molecular flexibility index (Phi) is 5.31. The lowest BCUT2D eigenvalue weighted by molar-refractivity contribution is 0.195. The molecule has 1 amide bonds. The summed E-state index contributed by atoms with van der Waals surface area (Å²) in [5.41, 5.74) is 2.09. The van der Waals surface area contributed by atoms with Gasteiger partial charge in [0, 0.05) is 37.6 Å². The van der Waals surface area contributed by atoms with E-state index in [0.717, 1.165) is 11.3 Å². The monoisotopic (exact) mass is 420 g/mol. The zero-order chi connectivity index (χ0) is 22.0. The van der Waals surface area contributed by atoms with E-state index in [1.807, 2.05) is 6.07 Å². The van der Waals surface area contributed by atoms with E-state index in [4.69, 9.17) is 0 Å². The molecule has 4 aromatic rings. The Morgan fingerprint density at radius 1 is 1.26 bits per heavy atom. The number of hydrogen-bond acceptors (Lipinski definition) is 6. The molecule has 0 aliphatic rings. The first kappa shape index (κ1) is 20.0. The van der Waals surface area contributed by atoms with Crippen molar-refractivity contribution in [2.24, 2.45) is 7.05 Å². The maximum atomic E-state index is 12.4. The number of hydrogen-bond donors (Lipinski definition) is 1. The van der Waals surface area contributed by atoms with Crippen molar-refractivity contribution in [3.63, 3.8) is 0 Å². The highest BCUT2D eigenvalue weighted by atomic mass is 16.4. The Hall–Kier alpha value is -4.28. The predicted molar refractivity (Wildman–Crippen MR) is 111 cm³/mol. The zero-order valence-electron chi connectivity index (χ0n) is 16.9. The van der Waals surface area contributed by atoms with Crippen LogP contribution in [0.25, 0.3) is 5.69 Å². The summed E-state index contributed by atoms with van der Waals surface area (Å²) in [6.45, 7) is 1.71. The second-order valence-electron chi connectivity index (χ2n) is 6.96. The van der Waals surface area contributed by atoms with E-state index >= 15 is 0 Å². The zero-order valence-corrected chi connectivity index (χ0v) is 16.9. The number of rotatable bonds is 6. The van der Waals surface area contributed by atoms with Gasteiger partial charge < -0.3 is 5.11 Å². The maximum Gasteiger partial charge on any atom is 0.413 e. The highest BCUT2D eigenvalue weighted by Gasteiger charge is 2.23. The van der Waals surface area contributed by atoms with Crippen LogP contribution < -0.4 is 10.3 Å². The van der Waals surface area contributed by atoms with Gasteiger partial charge in [-0.2, -0.15) is 10.2 Å². The number of anilines is 1. The van der Waals surface area contributed by atoms with E-state index in [0.29, 0.717) is 11.4 Å². The molecule has 1 atom stereocenters. The number of aromatic nitrogens is 7. The van der Waals surface area contributed by atoms with E-state index in [1.54, 1.807) is 66.3 Å². The molecule has 0 bridgehead atoms. The smallest absolute Gasteiger partial charge is 0.413 e. The number of carbonyl (C=O) groups is 1. The minimum Gasteiger partial charge on any atom is -0.465 e. The van der Waals surface area contributed by atoms with Crippen molar-refractivity contribution in [1.82, 2.24) is 34.6 Å². The molecule has 3 heterocycles. The van der Waals surface area contributed by atoms with E-state index < -0.39 is 12.3 Å². The summed E-state index contributed by atoms with van der Waals surface area (Å²) < 4.78 is 4.69. The van der Waals surface area contributed by atoms with Gasteiger partial charge in [0.25, 0.3) is 0 Å². The van der Waals surface area contributed by atoms with E-state index in [-0.39, 0.29) is 11.8 Å². The molecule has 31 heavy (non-hydrogen) atoms. The van der Waals surface area contributed by atoms with Gasteiger partial charge in [-0.25, -0.2) is 14.2 Å². The van der Waals surface area contributed by atoms with Crippen molar-refractivity contribution in [2.75, 3.05) is 4.90 Å². The molecule has 0 fully saturated rings. The van der Waals surface area contributed by atoms with Crippen LogP contribution in [0.15, 0.2) is 66.1 Å². The summed E-state index contributed by atoms with van der Waals surface area (Å²) in [4.78, 5) is 25.5. The fourth-order valence-corrected chi connectivity index (χ4v) is 3.27. The molecule has 1 unspecified atom stereocenters. The SMILES string of the molecule is CC(N(C(=O)O)c1cccc(Cc2nn(-c3cnn(C)c3)ccc2=O)c1)n1ccnn1. The molecule has 11 heteroatoms. The number of nitrogens with zero attached hydrogens (tertiary/aromatic N) is 8. The molecule has 158 valence electrons. The van der Waals surface area contributed by atoms with Crippen molar-refractivity contribution in [3.05, 3.63) is 82.8 Å². The normalized spacial score (nSPS) is 11.9. The summed E-state index contributed by atoms with van der Waals surface area (Å²) in [5, 5.41) is 26.0. The molecule has 0 radical (unpaired) electrons. The summed E-state index contributed by atoms with van der Waals surface area (Å²) in [7, 11) is 1.80. The lowest BCUT2D eigenvalue weighted by atomic mass is 10.1. The fourth-order valence-electron chi connectivity index (χ4n) is 3.27. The topological polar surface area (TPSA) is 124 Å². The first-order valence-corrected chi connectivity index (χ1v) is 9.47. The van der Waals surface area contributed by atoms with Crippen molar-refractivity contribution in [2.45, 2.75) is 19.5 Å². The van der Waals surface area contributed by atoms with Crippen LogP contribution in [0.4, 0.5) is 10.5 Å². The number of carboxylic acid groups (broad SMARTS) is 1. The van der Waals surface area contributed by atoms with Gasteiger partial charge in [0.15, 0.2) is 0 Å². The molecule has 0 aliphatic carbocycles. The van der Waals surface area contributed by atoms with Gasteiger partial charge in [-0.05, 0) is 24.6 Å². The van der Waals surface area contributed by atoms with Gasteiger partial charge in [0.2, 0.25) is 5.43 Å². The summed E-state index contributed by atoms with van der Waals surface area (Å²) in [6, 6.07) is 8.44. The minimum atomic E-state index is -1.13. The van der Waals surface area contributed by atoms with Crippen LogP contribution in [0.2, 0.25) is 0 Å². The maximum absolute atomic E-state index is 12.4. The number of aryl methyl sites for hydroxylation is 1. The van der Waals surface area contributed by atoms with Crippen LogP contribution >= 0.6 is 0 Å². The van der Waals surface area contributed by atoms with Crippen LogP contribution in [0.3, 0.4) is 0 Å². The molecular formula is C20H20N8O3. The Balaban J connectivity index is 1.64. The van der Waals surface area contributed by atoms with Gasteiger partial charge in [0.05, 0.1) is 18.6 Å². The Morgan fingerprint density at radius 3 is 2.77 bits per heavy atom. The van der Waals surface area contributed by atoms with Crippen LogP contribution in [-0.2, 0) is 13.5 Å². The standard InChI is InChI=1S/C20H20N8O3/c1-14(26-9-7-21-24-26)28(20(30)31)16-5-3-4-15(10-16)11-18-19(29)6-8-27(23-18)17-12-22-25(2)13-17/h3-10,12-14H,11H2,1-2H3,(H,30,31). The third-order valence-electron chi connectivity index (χ3n) is 4.80. The largest absolute Gasteiger partial charge is 0.465 e. The van der Waals surface area contributed by atoms with Crippen LogP contribution in [0.5, 0.6) is 0 Å². The molecule has 4 rings (SSSR count). The van der Waals surface area contributed by atoms with E-state index in [2.05, 4.69) is 20.5 Å². The molecule has 3 aromatic heterocycles. The lowest BCUT2D eigenvalue weighted by Crippen LogP contribution is -2.35. The number of benzene rings is 1. The summed E-state index contributed by atoms with van der Waals surface area (Å²) >= 11 is 0. The van der Waals surface area contributed by atoms with E-state index in [9.17, 15) is 14.7 Å². The van der Waals surface area contributed by atoms with Gasteiger partial charge in [-0.1, -0.05) is 17.3 Å². The van der Waals surface area contributed by atoms with Crippen molar-refractivity contribution >= 4 is 11.8 Å². The van der Waals surface area contributed by atoms with Crippen molar-refractivity contribution in [3.8, 4) is 5.69 Å². The van der Waals surface area contributed by atoms with Crippen molar-refractivity contribution in [1.29, 1.82) is 0 Å². The molecule has 0 aliphatic heterocycles. The molecular weight excluding hydrogens is 400 g/mol. The molecule has 0 saturated carbocycles. The lowest BCUT2D eigenvalue weighted by Gasteiger charge is -2.26. The summed E-state index contributed by atoms with van der Waals surface area (Å²) in [5.74, 6) is 0. The quantitative estimate of drug-likeness (QED) is 0.505. The average Bonchev–Trinajstić information content (AvgIpc) is 3.42. The van der Waals surface area contributed by atoms with E-state index in [1.165, 1.54) is 21.8 Å².